The van der Waals surface area contributed by atoms with Gasteiger partial charge >= 0.3 is 0 Å². The Labute approximate surface area is 104 Å². The van der Waals surface area contributed by atoms with Crippen molar-refractivity contribution in [3.8, 4) is 11.1 Å². The second-order valence-electron chi connectivity index (χ2n) is 3.79. The molecule has 0 saturated carbocycles. The normalized spacial score (nSPS) is 10.2. The molecule has 0 amide bonds. The number of non-ortho nitro benzene ring substituents is 1. The predicted molar refractivity (Wildman–Crippen MR) is 68.3 cm³/mol. The summed E-state index contributed by atoms with van der Waals surface area (Å²) in [4.78, 5) is 10.1. The van der Waals surface area contributed by atoms with Gasteiger partial charge in [0.25, 0.3) is 5.69 Å². The van der Waals surface area contributed by atoms with E-state index in [2.05, 4.69) is 0 Å². The van der Waals surface area contributed by atoms with Crippen molar-refractivity contribution in [2.24, 2.45) is 0 Å². The molecule has 0 radical (unpaired) electrons. The van der Waals surface area contributed by atoms with Crippen molar-refractivity contribution in [2.75, 3.05) is 0 Å². The smallest absolute Gasteiger partial charge is 0.258 e. The fourth-order valence-electron chi connectivity index (χ4n) is 1.66. The van der Waals surface area contributed by atoms with Crippen LogP contribution in [0.5, 0.6) is 0 Å². The minimum Gasteiger partial charge on any atom is -0.258 e. The van der Waals surface area contributed by atoms with E-state index < -0.39 is 4.92 Å². The molecule has 17 heavy (non-hydrogen) atoms. The third-order valence-electron chi connectivity index (χ3n) is 2.49. The van der Waals surface area contributed by atoms with E-state index in [9.17, 15) is 10.1 Å². The summed E-state index contributed by atoms with van der Waals surface area (Å²) in [6, 6.07) is 12.4. The van der Waals surface area contributed by atoms with Gasteiger partial charge in [-0.1, -0.05) is 41.4 Å². The lowest BCUT2D eigenvalue weighted by atomic mass is 10.0. The first kappa shape index (κ1) is 11.6. The van der Waals surface area contributed by atoms with Gasteiger partial charge in [-0.2, -0.15) is 0 Å². The number of rotatable bonds is 2. The number of benzene rings is 2. The molecule has 0 saturated heterocycles. The molecule has 0 heterocycles. The maximum Gasteiger partial charge on any atom is 0.270 e. The molecule has 0 aliphatic rings. The molecule has 2 aromatic carbocycles. The summed E-state index contributed by atoms with van der Waals surface area (Å²) in [5, 5.41) is 11.0. The lowest BCUT2D eigenvalue weighted by molar-refractivity contribution is -0.384. The summed E-state index contributed by atoms with van der Waals surface area (Å²) >= 11 is 6.06. The van der Waals surface area contributed by atoms with E-state index in [4.69, 9.17) is 11.6 Å². The van der Waals surface area contributed by atoms with Crippen molar-refractivity contribution >= 4 is 17.3 Å². The highest BCUT2D eigenvalue weighted by Crippen LogP contribution is 2.31. The third-order valence-corrected chi connectivity index (χ3v) is 2.81. The molecule has 4 heteroatoms. The molecule has 0 aliphatic heterocycles. The van der Waals surface area contributed by atoms with E-state index in [1.54, 1.807) is 6.07 Å². The van der Waals surface area contributed by atoms with Gasteiger partial charge in [-0.05, 0) is 18.6 Å². The summed E-state index contributed by atoms with van der Waals surface area (Å²) in [7, 11) is 0. The van der Waals surface area contributed by atoms with Crippen molar-refractivity contribution in [1.82, 2.24) is 0 Å². The zero-order valence-corrected chi connectivity index (χ0v) is 9.94. The first-order valence-electron chi connectivity index (χ1n) is 5.09. The Kier molecular flexibility index (Phi) is 3.11. The largest absolute Gasteiger partial charge is 0.270 e. The molecule has 0 unspecified atom stereocenters. The molecule has 0 atom stereocenters. The fourth-order valence-corrected chi connectivity index (χ4v) is 1.95. The molecule has 2 aromatic rings. The van der Waals surface area contributed by atoms with E-state index >= 15 is 0 Å². The van der Waals surface area contributed by atoms with E-state index in [-0.39, 0.29) is 5.69 Å². The van der Waals surface area contributed by atoms with E-state index in [1.807, 2.05) is 31.2 Å². The van der Waals surface area contributed by atoms with Crippen molar-refractivity contribution in [2.45, 2.75) is 6.92 Å². The van der Waals surface area contributed by atoms with Crippen molar-refractivity contribution in [1.29, 1.82) is 0 Å². The summed E-state index contributed by atoms with van der Waals surface area (Å²) in [6.07, 6.45) is 0. The second-order valence-corrected chi connectivity index (χ2v) is 4.20. The molecule has 0 N–H and O–H groups in total. The number of aryl methyl sites for hydroxylation is 1. The van der Waals surface area contributed by atoms with Gasteiger partial charge in [-0.25, -0.2) is 0 Å². The van der Waals surface area contributed by atoms with E-state index in [1.165, 1.54) is 12.1 Å². The van der Waals surface area contributed by atoms with Crippen molar-refractivity contribution in [3.05, 3.63) is 63.2 Å². The number of nitro groups is 1. The minimum absolute atomic E-state index is 0.00593. The summed E-state index contributed by atoms with van der Waals surface area (Å²) in [6.45, 7) is 1.99. The Balaban J connectivity index is 2.50. The SMILES string of the molecule is Cc1cccc(-c2ccc([N+](=O)[O-])cc2Cl)c1. The standard InChI is InChI=1S/C13H10ClNO2/c1-9-3-2-4-10(7-9)12-6-5-11(15(16)17)8-13(12)14/h2-8H,1H3. The van der Waals surface area contributed by atoms with Gasteiger partial charge < -0.3 is 0 Å². The molecular weight excluding hydrogens is 238 g/mol. The lowest BCUT2D eigenvalue weighted by Crippen LogP contribution is -1.88. The average molecular weight is 248 g/mol. The lowest BCUT2D eigenvalue weighted by Gasteiger charge is -2.05. The van der Waals surface area contributed by atoms with Crippen LogP contribution in [0.4, 0.5) is 5.69 Å². The summed E-state index contributed by atoms with van der Waals surface area (Å²) in [5.74, 6) is 0. The van der Waals surface area contributed by atoms with Crippen LogP contribution in [-0.4, -0.2) is 4.92 Å². The van der Waals surface area contributed by atoms with Gasteiger partial charge in [-0.3, -0.25) is 10.1 Å². The number of nitro benzene ring substituents is 1. The molecule has 0 bridgehead atoms. The van der Waals surface area contributed by atoms with Crippen LogP contribution in [0.2, 0.25) is 5.02 Å². The maximum absolute atomic E-state index is 10.6. The van der Waals surface area contributed by atoms with Crippen molar-refractivity contribution in [3.63, 3.8) is 0 Å². The number of hydrogen-bond donors (Lipinski definition) is 0. The monoisotopic (exact) mass is 247 g/mol. The van der Waals surface area contributed by atoms with Crippen LogP contribution in [0.1, 0.15) is 5.56 Å². The molecule has 0 aliphatic carbocycles. The molecule has 3 nitrogen and oxygen atoms in total. The van der Waals surface area contributed by atoms with Crippen LogP contribution in [0.25, 0.3) is 11.1 Å². The average Bonchev–Trinajstić information content (AvgIpc) is 2.28. The van der Waals surface area contributed by atoms with Crippen molar-refractivity contribution < 1.29 is 4.92 Å². The maximum atomic E-state index is 10.6. The van der Waals surface area contributed by atoms with Gasteiger partial charge in [0.05, 0.1) is 9.95 Å². The molecule has 0 spiro atoms. The third kappa shape index (κ3) is 2.45. The molecule has 2 rings (SSSR count). The van der Waals surface area contributed by atoms with Gasteiger partial charge in [0.1, 0.15) is 0 Å². The first-order chi connectivity index (χ1) is 8.08. The number of halogens is 1. The van der Waals surface area contributed by atoms with Crippen LogP contribution in [-0.2, 0) is 0 Å². The topological polar surface area (TPSA) is 43.1 Å². The van der Waals surface area contributed by atoms with E-state index in [0.717, 1.165) is 16.7 Å². The predicted octanol–water partition coefficient (Wildman–Crippen LogP) is 4.22. The Morgan fingerprint density at radius 3 is 2.53 bits per heavy atom. The first-order valence-corrected chi connectivity index (χ1v) is 5.47. The van der Waals surface area contributed by atoms with Gasteiger partial charge in [0.2, 0.25) is 0 Å². The van der Waals surface area contributed by atoms with Crippen LogP contribution < -0.4 is 0 Å². The van der Waals surface area contributed by atoms with Gasteiger partial charge in [-0.15, -0.1) is 0 Å². The molecule has 0 fully saturated rings. The Morgan fingerprint density at radius 2 is 1.94 bits per heavy atom. The summed E-state index contributed by atoms with van der Waals surface area (Å²) in [5.41, 5.74) is 2.90. The van der Waals surface area contributed by atoms with Crippen LogP contribution >= 0.6 is 11.6 Å². The van der Waals surface area contributed by atoms with Crippen LogP contribution in [0.3, 0.4) is 0 Å². The molecule has 86 valence electrons. The minimum atomic E-state index is -0.452. The highest BCUT2D eigenvalue weighted by Gasteiger charge is 2.10. The second kappa shape index (κ2) is 4.55. The van der Waals surface area contributed by atoms with E-state index in [0.29, 0.717) is 5.02 Å². The summed E-state index contributed by atoms with van der Waals surface area (Å²) < 4.78 is 0. The van der Waals surface area contributed by atoms with Crippen LogP contribution in [0.15, 0.2) is 42.5 Å². The quantitative estimate of drug-likeness (QED) is 0.589. The number of hydrogen-bond acceptors (Lipinski definition) is 2. The highest BCUT2D eigenvalue weighted by atomic mass is 35.5. The molecular formula is C13H10ClNO2. The molecule has 0 aromatic heterocycles. The fraction of sp³-hybridized carbons (Fsp3) is 0.0769. The zero-order valence-electron chi connectivity index (χ0n) is 9.18. The van der Waals surface area contributed by atoms with Gasteiger partial charge in [0.15, 0.2) is 0 Å². The van der Waals surface area contributed by atoms with Gasteiger partial charge in [0, 0.05) is 17.7 Å². The van der Waals surface area contributed by atoms with Crippen LogP contribution in [0, 0.1) is 17.0 Å². The Morgan fingerprint density at radius 1 is 1.18 bits per heavy atom. The highest BCUT2D eigenvalue weighted by molar-refractivity contribution is 6.33. The number of nitrogens with zero attached hydrogens (tertiary/aromatic N) is 1. The Bertz CT molecular complexity index is 581. The zero-order chi connectivity index (χ0) is 12.4. The Hall–Kier alpha value is -1.87.